The van der Waals surface area contributed by atoms with Crippen LogP contribution in [-0.4, -0.2) is 52.5 Å². The molecule has 7 nitrogen and oxygen atoms in total. The fourth-order valence-corrected chi connectivity index (χ4v) is 3.61. The number of amides is 1. The molecule has 1 saturated heterocycles. The number of carbonyl (C=O) groups is 2. The predicted octanol–water partition coefficient (Wildman–Crippen LogP) is 1.20. The number of piperazine rings is 1. The van der Waals surface area contributed by atoms with Crippen LogP contribution in [0.25, 0.3) is 0 Å². The summed E-state index contributed by atoms with van der Waals surface area (Å²) in [5.74, 6) is -0.875. The van der Waals surface area contributed by atoms with E-state index in [0.29, 0.717) is 18.9 Å². The van der Waals surface area contributed by atoms with E-state index in [-0.39, 0.29) is 23.6 Å². The van der Waals surface area contributed by atoms with Gasteiger partial charge in [0.15, 0.2) is 0 Å². The van der Waals surface area contributed by atoms with E-state index < -0.39 is 5.97 Å². The molecule has 2 aromatic rings. The molecule has 2 heterocycles. The highest BCUT2D eigenvalue weighted by Gasteiger charge is 2.27. The quantitative estimate of drug-likeness (QED) is 0.792. The van der Waals surface area contributed by atoms with Gasteiger partial charge in [-0.25, -0.2) is 4.98 Å². The lowest BCUT2D eigenvalue weighted by Gasteiger charge is -2.38. The molecule has 0 bridgehead atoms. The van der Waals surface area contributed by atoms with Gasteiger partial charge in [-0.1, -0.05) is 39.0 Å². The van der Waals surface area contributed by atoms with Gasteiger partial charge < -0.3 is 24.3 Å². The Labute approximate surface area is 165 Å². The number of benzene rings is 1. The second kappa shape index (κ2) is 7.66. The number of carboxylic acids is 1. The summed E-state index contributed by atoms with van der Waals surface area (Å²) >= 11 is 0. The van der Waals surface area contributed by atoms with Crippen LogP contribution in [0.3, 0.4) is 0 Å². The van der Waals surface area contributed by atoms with Crippen LogP contribution in [-0.2, 0) is 16.8 Å². The SMILES string of the molecule is Cc1nc(C(=O)N2CCN(c3ccccc3C(C)(C)C)CC2)cn1CC(=O)[O-]. The van der Waals surface area contributed by atoms with E-state index in [4.69, 9.17) is 0 Å². The summed E-state index contributed by atoms with van der Waals surface area (Å²) in [6.45, 7) is 10.7. The highest BCUT2D eigenvalue weighted by Crippen LogP contribution is 2.32. The van der Waals surface area contributed by atoms with Gasteiger partial charge >= 0.3 is 0 Å². The Morgan fingerprint density at radius 3 is 2.36 bits per heavy atom. The summed E-state index contributed by atoms with van der Waals surface area (Å²) in [6, 6.07) is 8.42. The lowest BCUT2D eigenvalue weighted by molar-refractivity contribution is -0.306. The molecular formula is C21H27N4O3-. The van der Waals surface area contributed by atoms with Crippen molar-refractivity contribution in [2.24, 2.45) is 0 Å². The van der Waals surface area contributed by atoms with Crippen LogP contribution in [0.2, 0.25) is 0 Å². The zero-order valence-electron chi connectivity index (χ0n) is 16.9. The number of hydrogen-bond acceptors (Lipinski definition) is 5. The van der Waals surface area contributed by atoms with Crippen LogP contribution in [0.15, 0.2) is 30.5 Å². The van der Waals surface area contributed by atoms with Crippen LogP contribution in [0, 0.1) is 6.92 Å². The Bertz CT molecular complexity index is 874. The van der Waals surface area contributed by atoms with Gasteiger partial charge in [0.1, 0.15) is 11.5 Å². The third kappa shape index (κ3) is 4.18. The smallest absolute Gasteiger partial charge is 0.274 e. The number of carbonyl (C=O) groups excluding carboxylic acids is 2. The second-order valence-corrected chi connectivity index (χ2v) is 8.22. The van der Waals surface area contributed by atoms with Gasteiger partial charge in [-0.15, -0.1) is 0 Å². The van der Waals surface area contributed by atoms with E-state index >= 15 is 0 Å². The zero-order chi connectivity index (χ0) is 20.5. The number of para-hydroxylation sites is 1. The summed E-state index contributed by atoms with van der Waals surface area (Å²) in [5.41, 5.74) is 2.84. The predicted molar refractivity (Wildman–Crippen MR) is 105 cm³/mol. The Balaban J connectivity index is 1.69. The molecule has 7 heteroatoms. The van der Waals surface area contributed by atoms with Crippen molar-refractivity contribution in [3.63, 3.8) is 0 Å². The molecule has 1 aromatic heterocycles. The molecule has 0 N–H and O–H groups in total. The van der Waals surface area contributed by atoms with Gasteiger partial charge in [0.25, 0.3) is 5.91 Å². The van der Waals surface area contributed by atoms with Crippen LogP contribution >= 0.6 is 0 Å². The van der Waals surface area contributed by atoms with Crippen molar-refractivity contribution in [1.29, 1.82) is 0 Å². The van der Waals surface area contributed by atoms with E-state index in [1.54, 1.807) is 11.8 Å². The monoisotopic (exact) mass is 383 g/mol. The Hall–Kier alpha value is -2.83. The largest absolute Gasteiger partial charge is 0.548 e. The fraction of sp³-hybridized carbons (Fsp3) is 0.476. The standard InChI is InChI=1S/C21H28N4O3/c1-15-22-17(13-25(15)14-19(26)27)20(28)24-11-9-23(10-12-24)18-8-6-5-7-16(18)21(2,3)4/h5-8,13H,9-12,14H2,1-4H3,(H,26,27)/p-1. The summed E-state index contributed by atoms with van der Waals surface area (Å²) in [6.07, 6.45) is 1.49. The molecule has 0 saturated carbocycles. The molecule has 1 amide bonds. The normalized spacial score (nSPS) is 15.0. The highest BCUT2D eigenvalue weighted by molar-refractivity contribution is 5.92. The Morgan fingerprint density at radius 2 is 1.75 bits per heavy atom. The van der Waals surface area contributed by atoms with Crippen LogP contribution in [0.4, 0.5) is 5.69 Å². The number of rotatable bonds is 4. The Morgan fingerprint density at radius 1 is 1.11 bits per heavy atom. The van der Waals surface area contributed by atoms with E-state index in [9.17, 15) is 14.7 Å². The molecule has 0 radical (unpaired) electrons. The van der Waals surface area contributed by atoms with Crippen LogP contribution < -0.4 is 10.0 Å². The minimum absolute atomic E-state index is 0.0485. The van der Waals surface area contributed by atoms with Gasteiger partial charge in [-0.3, -0.25) is 4.79 Å². The molecule has 0 spiro atoms. The molecule has 1 aromatic carbocycles. The number of anilines is 1. The number of imidazole rings is 1. The molecule has 1 aliphatic heterocycles. The van der Waals surface area contributed by atoms with Gasteiger partial charge in [0.05, 0.1) is 12.5 Å². The highest BCUT2D eigenvalue weighted by atomic mass is 16.4. The van der Waals surface area contributed by atoms with Crippen LogP contribution in [0.5, 0.6) is 0 Å². The fourth-order valence-electron chi connectivity index (χ4n) is 3.61. The van der Waals surface area contributed by atoms with Crippen molar-refractivity contribution in [3.05, 3.63) is 47.5 Å². The first kappa shape index (κ1) is 19.9. The van der Waals surface area contributed by atoms with Crippen molar-refractivity contribution in [1.82, 2.24) is 14.5 Å². The molecule has 28 heavy (non-hydrogen) atoms. The number of nitrogens with zero attached hydrogens (tertiary/aromatic N) is 4. The molecule has 1 fully saturated rings. The number of aliphatic carboxylic acids is 1. The third-order valence-corrected chi connectivity index (χ3v) is 5.11. The van der Waals surface area contributed by atoms with E-state index in [1.807, 2.05) is 0 Å². The first-order valence-corrected chi connectivity index (χ1v) is 9.54. The zero-order valence-corrected chi connectivity index (χ0v) is 16.9. The van der Waals surface area contributed by atoms with Crippen molar-refractivity contribution < 1.29 is 14.7 Å². The van der Waals surface area contributed by atoms with Crippen molar-refractivity contribution in [2.45, 2.75) is 39.7 Å². The topological polar surface area (TPSA) is 81.5 Å². The third-order valence-electron chi connectivity index (χ3n) is 5.11. The molecule has 1 aliphatic rings. The van der Waals surface area contributed by atoms with Crippen LogP contribution in [0.1, 0.15) is 42.6 Å². The minimum atomic E-state index is -1.20. The second-order valence-electron chi connectivity index (χ2n) is 8.22. The first-order chi connectivity index (χ1) is 13.2. The minimum Gasteiger partial charge on any atom is -0.548 e. The van der Waals surface area contributed by atoms with Gasteiger partial charge in [0, 0.05) is 38.1 Å². The maximum Gasteiger partial charge on any atom is 0.274 e. The summed E-state index contributed by atoms with van der Waals surface area (Å²) in [7, 11) is 0. The Kier molecular flexibility index (Phi) is 5.45. The first-order valence-electron chi connectivity index (χ1n) is 9.54. The van der Waals surface area contributed by atoms with E-state index in [2.05, 4.69) is 54.9 Å². The van der Waals surface area contributed by atoms with Crippen molar-refractivity contribution >= 4 is 17.6 Å². The van der Waals surface area contributed by atoms with E-state index in [0.717, 1.165) is 13.1 Å². The van der Waals surface area contributed by atoms with Gasteiger partial charge in [-0.2, -0.15) is 0 Å². The lowest BCUT2D eigenvalue weighted by Crippen LogP contribution is -2.49. The van der Waals surface area contributed by atoms with Gasteiger partial charge in [0.2, 0.25) is 0 Å². The lowest BCUT2D eigenvalue weighted by atomic mass is 9.85. The van der Waals surface area contributed by atoms with Gasteiger partial charge in [-0.05, 0) is 24.0 Å². The number of carboxylic acid groups (broad SMARTS) is 1. The maximum absolute atomic E-state index is 12.8. The number of aromatic nitrogens is 2. The molecule has 0 aliphatic carbocycles. The van der Waals surface area contributed by atoms with Crippen molar-refractivity contribution in [2.75, 3.05) is 31.1 Å². The average molecular weight is 383 g/mol. The summed E-state index contributed by atoms with van der Waals surface area (Å²) in [4.78, 5) is 31.9. The average Bonchev–Trinajstić information content (AvgIpc) is 3.00. The number of hydrogen-bond donors (Lipinski definition) is 0. The number of aryl methyl sites for hydroxylation is 1. The van der Waals surface area contributed by atoms with E-state index in [1.165, 1.54) is 22.0 Å². The molecule has 0 atom stereocenters. The van der Waals surface area contributed by atoms with Crippen molar-refractivity contribution in [3.8, 4) is 0 Å². The summed E-state index contributed by atoms with van der Waals surface area (Å²) in [5, 5.41) is 10.8. The molecule has 150 valence electrons. The molecular weight excluding hydrogens is 356 g/mol. The molecule has 3 rings (SSSR count). The maximum atomic E-state index is 12.8. The molecule has 0 unspecified atom stereocenters. The summed E-state index contributed by atoms with van der Waals surface area (Å²) < 4.78 is 1.43.